The molecule has 0 saturated heterocycles. The van der Waals surface area contributed by atoms with Crippen LogP contribution in [0.15, 0.2) is 108 Å². The second kappa shape index (κ2) is 16.4. The van der Waals surface area contributed by atoms with Crippen LogP contribution in [0.25, 0.3) is 10.9 Å². The Morgan fingerprint density at radius 3 is 2.41 bits per heavy atom. The molecule has 5 aromatic rings. The molecule has 4 aromatic carbocycles. The van der Waals surface area contributed by atoms with Crippen LogP contribution in [0.1, 0.15) is 58.1 Å². The quantitative estimate of drug-likeness (QED) is 0.0817. The number of aliphatic hydroxyl groups excluding tert-OH is 1. The molecule has 0 spiro atoms. The molecule has 254 valence electrons. The number of rotatable bonds is 15. The van der Waals surface area contributed by atoms with E-state index in [-0.39, 0.29) is 35.9 Å². The Kier molecular flexibility index (Phi) is 11.6. The first kappa shape index (κ1) is 34.7. The zero-order chi connectivity index (χ0) is 34.8. The summed E-state index contributed by atoms with van der Waals surface area (Å²) in [7, 11) is 0. The Bertz CT molecular complexity index is 1930. The largest absolute Gasteiger partial charge is 0.506 e. The lowest BCUT2D eigenvalue weighted by molar-refractivity contribution is 0.0761. The van der Waals surface area contributed by atoms with E-state index in [9.17, 15) is 29.7 Å². The number of aromatic amines is 1. The number of carbonyl (C=O) groups excluding carboxylic acids is 1. The zero-order valence-electron chi connectivity index (χ0n) is 27.1. The number of nitrogens with zero attached hydrogens (tertiary/aromatic N) is 1. The summed E-state index contributed by atoms with van der Waals surface area (Å²) in [6.45, 7) is 4.11. The number of aromatic nitrogens is 1. The molecule has 2 amide bonds. The van der Waals surface area contributed by atoms with E-state index in [0.29, 0.717) is 48.3 Å². The van der Waals surface area contributed by atoms with Crippen molar-refractivity contribution in [3.63, 3.8) is 0 Å². The molecular weight excluding hydrogens is 624 g/mol. The zero-order valence-corrected chi connectivity index (χ0v) is 27.1. The number of carboxylic acid groups (broad SMARTS) is 1. The minimum absolute atomic E-state index is 0.0590. The van der Waals surface area contributed by atoms with Gasteiger partial charge >= 0.3 is 6.09 Å². The van der Waals surface area contributed by atoms with Gasteiger partial charge in [0.15, 0.2) is 0 Å². The molecular formula is C38H40N4O7. The Labute approximate surface area is 283 Å². The van der Waals surface area contributed by atoms with Gasteiger partial charge in [0.2, 0.25) is 5.56 Å². The monoisotopic (exact) mass is 664 g/mol. The van der Waals surface area contributed by atoms with Crippen molar-refractivity contribution in [2.75, 3.05) is 26.2 Å². The summed E-state index contributed by atoms with van der Waals surface area (Å²) in [5, 5.41) is 36.6. The predicted molar refractivity (Wildman–Crippen MR) is 187 cm³/mol. The smallest absolute Gasteiger partial charge is 0.405 e. The number of H-pyrrole nitrogens is 1. The van der Waals surface area contributed by atoms with E-state index in [1.807, 2.05) is 73.7 Å². The van der Waals surface area contributed by atoms with Crippen molar-refractivity contribution in [3.05, 3.63) is 141 Å². The first-order chi connectivity index (χ1) is 23.7. The van der Waals surface area contributed by atoms with Crippen molar-refractivity contribution in [2.24, 2.45) is 0 Å². The number of nitrogens with one attached hydrogen (secondary N) is 3. The molecule has 6 N–H and O–H groups in total. The van der Waals surface area contributed by atoms with E-state index in [1.54, 1.807) is 29.2 Å². The average Bonchev–Trinajstić information content (AvgIpc) is 3.12. The van der Waals surface area contributed by atoms with Gasteiger partial charge in [-0.2, -0.15) is 0 Å². The van der Waals surface area contributed by atoms with Gasteiger partial charge in [0, 0.05) is 36.7 Å². The number of aromatic hydroxyl groups is 1. The summed E-state index contributed by atoms with van der Waals surface area (Å²) in [5.74, 6) is 0.457. The van der Waals surface area contributed by atoms with E-state index < -0.39 is 18.2 Å². The number of phenols is 1. The van der Waals surface area contributed by atoms with E-state index in [2.05, 4.69) is 15.6 Å². The topological polar surface area (TPSA) is 164 Å². The molecule has 11 nitrogen and oxygen atoms in total. The number of hydrogen-bond acceptors (Lipinski definition) is 7. The molecule has 0 radical (unpaired) electrons. The Hall–Kier alpha value is -5.65. The van der Waals surface area contributed by atoms with Crippen LogP contribution < -0.4 is 20.9 Å². The number of hydrogen-bond donors (Lipinski definition) is 6. The Morgan fingerprint density at radius 2 is 1.67 bits per heavy atom. The maximum Gasteiger partial charge on any atom is 0.405 e. The van der Waals surface area contributed by atoms with E-state index >= 15 is 0 Å². The van der Waals surface area contributed by atoms with Crippen molar-refractivity contribution < 1.29 is 29.6 Å². The summed E-state index contributed by atoms with van der Waals surface area (Å²) < 4.78 is 6.02. The molecule has 1 heterocycles. The van der Waals surface area contributed by atoms with Crippen LogP contribution in [0, 0.1) is 0 Å². The van der Waals surface area contributed by atoms with Crippen LogP contribution >= 0.6 is 0 Å². The lowest BCUT2D eigenvalue weighted by Gasteiger charge is -2.21. The number of amides is 2. The SMILES string of the molecule is CCN(CCCNCC(O)c1ccc(O)c2[nH]c(=O)ccc12)C(=O)c1ccc(COc2cccc(C(NC(=O)O)c3ccccc3)c2)cc1. The van der Waals surface area contributed by atoms with Crippen molar-refractivity contribution >= 4 is 22.9 Å². The summed E-state index contributed by atoms with van der Waals surface area (Å²) >= 11 is 0. The summed E-state index contributed by atoms with van der Waals surface area (Å²) in [6.07, 6.45) is -1.30. The number of pyridine rings is 1. The first-order valence-electron chi connectivity index (χ1n) is 16.1. The molecule has 0 aliphatic rings. The minimum atomic E-state index is -1.12. The maximum absolute atomic E-state index is 13.2. The van der Waals surface area contributed by atoms with Gasteiger partial charge in [-0.1, -0.05) is 60.7 Å². The van der Waals surface area contributed by atoms with Gasteiger partial charge in [0.05, 0.1) is 17.7 Å². The fourth-order valence-electron chi connectivity index (χ4n) is 5.70. The molecule has 0 saturated carbocycles. The van der Waals surface area contributed by atoms with Crippen LogP contribution in [-0.4, -0.2) is 63.4 Å². The minimum Gasteiger partial charge on any atom is -0.506 e. The number of benzene rings is 4. The highest BCUT2D eigenvalue weighted by Crippen LogP contribution is 2.29. The third kappa shape index (κ3) is 9.04. The Balaban J connectivity index is 1.10. The van der Waals surface area contributed by atoms with Crippen LogP contribution in [0.4, 0.5) is 4.79 Å². The van der Waals surface area contributed by atoms with Crippen molar-refractivity contribution in [1.29, 1.82) is 0 Å². The maximum atomic E-state index is 13.2. The standard InChI is InChI=1S/C38H40N4O7/c1-2-42(21-7-20-39-23-33(44)30-16-18-32(43)36-31(30)17-19-34(45)40-36)37(46)27-14-12-25(13-15-27)24-49-29-11-6-10-28(22-29)35(41-38(47)48)26-8-4-3-5-9-26/h3-6,8-19,22,33,35,39,41,43-44H,2,7,20-21,23-24H2,1H3,(H,40,45)(H,47,48). The van der Waals surface area contributed by atoms with Gasteiger partial charge in [0.25, 0.3) is 5.91 Å². The number of fused-ring (bicyclic) bond motifs is 1. The van der Waals surface area contributed by atoms with Crippen LogP contribution in [-0.2, 0) is 6.61 Å². The molecule has 5 rings (SSSR count). The fraction of sp³-hybridized carbons (Fsp3) is 0.237. The summed E-state index contributed by atoms with van der Waals surface area (Å²) in [6, 6.07) is 29.4. The van der Waals surface area contributed by atoms with Gasteiger partial charge in [-0.25, -0.2) is 4.79 Å². The van der Waals surface area contributed by atoms with E-state index in [1.165, 1.54) is 12.1 Å². The van der Waals surface area contributed by atoms with Crippen molar-refractivity contribution in [2.45, 2.75) is 32.1 Å². The van der Waals surface area contributed by atoms with Gasteiger partial charge in [-0.15, -0.1) is 0 Å². The van der Waals surface area contributed by atoms with Crippen molar-refractivity contribution in [1.82, 2.24) is 20.5 Å². The van der Waals surface area contributed by atoms with Crippen molar-refractivity contribution in [3.8, 4) is 11.5 Å². The highest BCUT2D eigenvalue weighted by Gasteiger charge is 2.18. The third-order valence-electron chi connectivity index (χ3n) is 8.25. The number of phenolic OH excluding ortho intramolecular Hbond substituents is 1. The summed E-state index contributed by atoms with van der Waals surface area (Å²) in [5.41, 5.74) is 3.56. The predicted octanol–water partition coefficient (Wildman–Crippen LogP) is 5.35. The van der Waals surface area contributed by atoms with Crippen LogP contribution in [0.3, 0.4) is 0 Å². The highest BCUT2D eigenvalue weighted by molar-refractivity contribution is 5.94. The Morgan fingerprint density at radius 1 is 0.918 bits per heavy atom. The normalized spacial score (nSPS) is 12.3. The molecule has 0 aliphatic heterocycles. The third-order valence-corrected chi connectivity index (χ3v) is 8.25. The number of ether oxygens (including phenoxy) is 1. The van der Waals surface area contributed by atoms with E-state index in [4.69, 9.17) is 4.74 Å². The van der Waals surface area contributed by atoms with Crippen LogP contribution in [0.5, 0.6) is 11.5 Å². The second-order valence-corrected chi connectivity index (χ2v) is 11.6. The fourth-order valence-corrected chi connectivity index (χ4v) is 5.70. The van der Waals surface area contributed by atoms with Gasteiger partial charge in [-0.05, 0) is 78.5 Å². The number of carbonyl (C=O) groups is 2. The molecule has 0 aliphatic carbocycles. The van der Waals surface area contributed by atoms with Crippen LogP contribution in [0.2, 0.25) is 0 Å². The van der Waals surface area contributed by atoms with Gasteiger partial charge < -0.3 is 40.6 Å². The summed E-state index contributed by atoms with van der Waals surface area (Å²) in [4.78, 5) is 40.8. The lowest BCUT2D eigenvalue weighted by atomic mass is 9.98. The van der Waals surface area contributed by atoms with Gasteiger partial charge in [-0.3, -0.25) is 9.59 Å². The highest BCUT2D eigenvalue weighted by atomic mass is 16.5. The average molecular weight is 665 g/mol. The second-order valence-electron chi connectivity index (χ2n) is 11.6. The molecule has 1 aromatic heterocycles. The van der Waals surface area contributed by atoms with Gasteiger partial charge in [0.1, 0.15) is 18.1 Å². The van der Waals surface area contributed by atoms with E-state index in [0.717, 1.165) is 16.7 Å². The molecule has 11 heteroatoms. The molecule has 49 heavy (non-hydrogen) atoms. The number of aliphatic hydroxyl groups is 1. The first-order valence-corrected chi connectivity index (χ1v) is 16.1. The molecule has 0 fully saturated rings. The molecule has 2 unspecified atom stereocenters. The lowest BCUT2D eigenvalue weighted by Crippen LogP contribution is -2.33. The molecule has 2 atom stereocenters. The molecule has 0 bridgehead atoms.